The van der Waals surface area contributed by atoms with Crippen molar-refractivity contribution in [3.05, 3.63) is 29.8 Å². The Kier molecular flexibility index (Phi) is 4.63. The summed E-state index contributed by atoms with van der Waals surface area (Å²) in [7, 11) is 0. The average Bonchev–Trinajstić information content (AvgIpc) is 2.97. The molecule has 1 N–H and O–H groups in total. The predicted molar refractivity (Wildman–Crippen MR) is 118 cm³/mol. The number of carbonyl (C=O) groups excluding carboxylic acids is 3. The van der Waals surface area contributed by atoms with Crippen LogP contribution in [0.2, 0.25) is 0 Å². The second-order valence-corrected chi connectivity index (χ2v) is 11.2. The van der Waals surface area contributed by atoms with Gasteiger partial charge in [0.2, 0.25) is 0 Å². The Morgan fingerprint density at radius 1 is 0.938 bits per heavy atom. The highest BCUT2D eigenvalue weighted by Crippen LogP contribution is 2.60. The summed E-state index contributed by atoms with van der Waals surface area (Å²) in [6.45, 7) is -0.344. The zero-order valence-electron chi connectivity index (χ0n) is 18.6. The molecule has 5 aliphatic carbocycles. The SMILES string of the molecule is O=C(CN1C(=O)NC2(CCCCC2)C1=O)Oc1ccc(C23CC4CC(CC(C4)C2)C3)cc1. The van der Waals surface area contributed by atoms with Crippen molar-refractivity contribution in [1.29, 1.82) is 0 Å². The van der Waals surface area contributed by atoms with Crippen molar-refractivity contribution in [3.63, 3.8) is 0 Å². The molecule has 32 heavy (non-hydrogen) atoms. The highest BCUT2D eigenvalue weighted by Gasteiger charge is 2.52. The summed E-state index contributed by atoms with van der Waals surface area (Å²) in [6, 6.07) is 7.52. The van der Waals surface area contributed by atoms with E-state index in [-0.39, 0.29) is 12.5 Å². The number of hydrogen-bond acceptors (Lipinski definition) is 4. The largest absolute Gasteiger partial charge is 0.425 e. The lowest BCUT2D eigenvalue weighted by Gasteiger charge is -2.57. The van der Waals surface area contributed by atoms with Gasteiger partial charge in [0.1, 0.15) is 17.8 Å². The summed E-state index contributed by atoms with van der Waals surface area (Å²) in [4.78, 5) is 38.8. The number of imide groups is 1. The summed E-state index contributed by atoms with van der Waals surface area (Å²) in [5, 5.41) is 2.84. The first kappa shape index (κ1) is 20.3. The third kappa shape index (κ3) is 3.25. The van der Waals surface area contributed by atoms with Crippen molar-refractivity contribution in [2.24, 2.45) is 17.8 Å². The number of rotatable bonds is 4. The predicted octanol–water partition coefficient (Wildman–Crippen LogP) is 4.31. The van der Waals surface area contributed by atoms with E-state index in [4.69, 9.17) is 4.74 Å². The Morgan fingerprint density at radius 2 is 1.53 bits per heavy atom. The summed E-state index contributed by atoms with van der Waals surface area (Å²) >= 11 is 0. The molecule has 7 rings (SSSR count). The molecule has 170 valence electrons. The van der Waals surface area contributed by atoms with Gasteiger partial charge >= 0.3 is 12.0 Å². The third-order valence-electron chi connectivity index (χ3n) is 8.98. The van der Waals surface area contributed by atoms with Gasteiger partial charge in [-0.05, 0) is 92.2 Å². The fraction of sp³-hybridized carbons (Fsp3) is 0.654. The van der Waals surface area contributed by atoms with Crippen LogP contribution in [0, 0.1) is 17.8 Å². The molecular formula is C26H32N2O4. The minimum atomic E-state index is -0.810. The number of esters is 1. The molecular weight excluding hydrogens is 404 g/mol. The normalized spacial score (nSPS) is 34.8. The molecule has 0 unspecified atom stereocenters. The number of amides is 3. The van der Waals surface area contributed by atoms with Crippen LogP contribution in [0.1, 0.15) is 76.2 Å². The number of nitrogens with one attached hydrogen (secondary N) is 1. The van der Waals surface area contributed by atoms with Gasteiger partial charge in [-0.2, -0.15) is 0 Å². The first-order valence-corrected chi connectivity index (χ1v) is 12.4. The molecule has 0 radical (unpaired) electrons. The van der Waals surface area contributed by atoms with E-state index in [1.807, 2.05) is 12.1 Å². The fourth-order valence-corrected chi connectivity index (χ4v) is 7.95. The van der Waals surface area contributed by atoms with Gasteiger partial charge in [-0.25, -0.2) is 9.59 Å². The molecule has 4 bridgehead atoms. The maximum absolute atomic E-state index is 12.9. The smallest absolute Gasteiger partial charge is 0.331 e. The van der Waals surface area contributed by atoms with E-state index in [9.17, 15) is 14.4 Å². The van der Waals surface area contributed by atoms with Crippen molar-refractivity contribution >= 4 is 17.9 Å². The quantitative estimate of drug-likeness (QED) is 0.433. The molecule has 1 aromatic rings. The molecule has 1 spiro atoms. The van der Waals surface area contributed by atoms with Crippen LogP contribution in [0.3, 0.4) is 0 Å². The number of ether oxygens (including phenoxy) is 1. The Morgan fingerprint density at radius 3 is 2.12 bits per heavy atom. The lowest BCUT2D eigenvalue weighted by atomic mass is 9.48. The summed E-state index contributed by atoms with van der Waals surface area (Å²) in [5.41, 5.74) is 0.880. The Balaban J connectivity index is 1.11. The number of hydrogen-bond donors (Lipinski definition) is 1. The van der Waals surface area contributed by atoms with Crippen molar-refractivity contribution in [2.75, 3.05) is 6.54 Å². The molecule has 0 aromatic heterocycles. The first-order chi connectivity index (χ1) is 15.4. The van der Waals surface area contributed by atoms with E-state index in [1.54, 1.807) is 0 Å². The second kappa shape index (κ2) is 7.32. The number of carbonyl (C=O) groups is 3. The molecule has 6 fully saturated rings. The summed E-state index contributed by atoms with van der Waals surface area (Å²) < 4.78 is 5.51. The second-order valence-electron chi connectivity index (χ2n) is 11.2. The fourth-order valence-electron chi connectivity index (χ4n) is 7.95. The van der Waals surface area contributed by atoms with E-state index < -0.39 is 17.5 Å². The van der Waals surface area contributed by atoms with E-state index >= 15 is 0 Å². The minimum absolute atomic E-state index is 0.281. The number of benzene rings is 1. The van der Waals surface area contributed by atoms with Crippen LogP contribution < -0.4 is 10.1 Å². The van der Waals surface area contributed by atoms with Gasteiger partial charge in [0.15, 0.2) is 0 Å². The van der Waals surface area contributed by atoms with Crippen molar-refractivity contribution in [3.8, 4) is 5.75 Å². The van der Waals surface area contributed by atoms with E-state index in [0.717, 1.165) is 41.9 Å². The Bertz CT molecular complexity index is 912. The molecule has 5 saturated carbocycles. The van der Waals surface area contributed by atoms with Gasteiger partial charge < -0.3 is 10.1 Å². The van der Waals surface area contributed by atoms with Crippen LogP contribution >= 0.6 is 0 Å². The molecule has 6 heteroatoms. The highest BCUT2D eigenvalue weighted by atomic mass is 16.5. The monoisotopic (exact) mass is 436 g/mol. The van der Waals surface area contributed by atoms with E-state index in [2.05, 4.69) is 17.4 Å². The molecule has 0 atom stereocenters. The maximum atomic E-state index is 12.9. The summed E-state index contributed by atoms with van der Waals surface area (Å²) in [6.07, 6.45) is 12.3. The van der Waals surface area contributed by atoms with Gasteiger partial charge in [0.05, 0.1) is 0 Å². The van der Waals surface area contributed by atoms with Gasteiger partial charge in [-0.15, -0.1) is 0 Å². The summed E-state index contributed by atoms with van der Waals surface area (Å²) in [5.74, 6) is 2.27. The molecule has 1 heterocycles. The lowest BCUT2D eigenvalue weighted by molar-refractivity contribution is -0.141. The van der Waals surface area contributed by atoms with E-state index in [1.165, 1.54) is 44.1 Å². The zero-order valence-corrected chi connectivity index (χ0v) is 18.6. The minimum Gasteiger partial charge on any atom is -0.425 e. The van der Waals surface area contributed by atoms with Crippen molar-refractivity contribution in [1.82, 2.24) is 10.2 Å². The lowest BCUT2D eigenvalue weighted by Crippen LogP contribution is -2.48. The van der Waals surface area contributed by atoms with E-state index in [0.29, 0.717) is 24.0 Å². The molecule has 6 nitrogen and oxygen atoms in total. The molecule has 1 saturated heterocycles. The van der Waals surface area contributed by atoms with Crippen molar-refractivity contribution < 1.29 is 19.1 Å². The maximum Gasteiger partial charge on any atom is 0.331 e. The van der Waals surface area contributed by atoms with Crippen molar-refractivity contribution in [2.45, 2.75) is 81.6 Å². The number of nitrogens with zero attached hydrogens (tertiary/aromatic N) is 1. The molecule has 1 aromatic carbocycles. The van der Waals surface area contributed by atoms with Gasteiger partial charge in [-0.3, -0.25) is 9.69 Å². The van der Waals surface area contributed by atoms with Crippen LogP contribution in [-0.4, -0.2) is 34.9 Å². The molecule has 3 amide bonds. The Hall–Kier alpha value is -2.37. The highest BCUT2D eigenvalue weighted by molar-refractivity contribution is 6.08. The van der Waals surface area contributed by atoms with Crippen LogP contribution in [0.4, 0.5) is 4.79 Å². The zero-order chi connectivity index (χ0) is 21.9. The van der Waals surface area contributed by atoms with Crippen LogP contribution in [0.15, 0.2) is 24.3 Å². The van der Waals surface area contributed by atoms with Gasteiger partial charge in [0, 0.05) is 0 Å². The van der Waals surface area contributed by atoms with Crippen LogP contribution in [0.25, 0.3) is 0 Å². The average molecular weight is 437 g/mol. The standard InChI is InChI=1S/C26H32N2O4/c29-22(16-28-23(30)26(27-24(28)31)8-2-1-3-9-26)32-21-6-4-20(5-7-21)25-13-17-10-18(14-25)12-19(11-17)15-25/h4-7,17-19H,1-3,8-16H2,(H,27,31). The molecule has 6 aliphatic rings. The number of urea groups is 1. The molecule has 1 aliphatic heterocycles. The van der Waals surface area contributed by atoms with Gasteiger partial charge in [-0.1, -0.05) is 31.4 Å². The first-order valence-electron chi connectivity index (χ1n) is 12.4. The van der Waals surface area contributed by atoms with Crippen LogP contribution in [-0.2, 0) is 15.0 Å². The van der Waals surface area contributed by atoms with Crippen LogP contribution in [0.5, 0.6) is 5.75 Å². The Labute approximate surface area is 189 Å². The van der Waals surface area contributed by atoms with Gasteiger partial charge in [0.25, 0.3) is 5.91 Å². The third-order valence-corrected chi connectivity index (χ3v) is 8.98. The topological polar surface area (TPSA) is 75.7 Å².